The number of carbonyl (C=O) groups is 1. The Kier molecular flexibility index (Phi) is 9.39. The van der Waals surface area contributed by atoms with Crippen LogP contribution >= 0.6 is 35.6 Å². The van der Waals surface area contributed by atoms with Crippen molar-refractivity contribution in [1.82, 2.24) is 20.6 Å². The molecule has 1 aliphatic heterocycles. The Bertz CT molecular complexity index is 821. The maximum absolute atomic E-state index is 12.1. The minimum absolute atomic E-state index is 0. The molecule has 1 fully saturated rings. The van der Waals surface area contributed by atoms with E-state index in [-0.39, 0.29) is 42.5 Å². The van der Waals surface area contributed by atoms with Crippen molar-refractivity contribution in [1.29, 1.82) is 0 Å². The summed E-state index contributed by atoms with van der Waals surface area (Å²) in [6.07, 6.45) is 5.93. The maximum Gasteiger partial charge on any atom is 0.246 e. The van der Waals surface area contributed by atoms with Crippen LogP contribution in [0.5, 0.6) is 0 Å². The van der Waals surface area contributed by atoms with Crippen LogP contribution in [0.2, 0.25) is 5.02 Å². The Morgan fingerprint density at radius 1 is 1.34 bits per heavy atom. The summed E-state index contributed by atoms with van der Waals surface area (Å²) in [7, 11) is 0. The van der Waals surface area contributed by atoms with Crippen molar-refractivity contribution in [3.8, 4) is 0 Å². The molecule has 3 N–H and O–H groups in total. The summed E-state index contributed by atoms with van der Waals surface area (Å²) in [6, 6.07) is 7.41. The van der Waals surface area contributed by atoms with E-state index in [9.17, 15) is 4.79 Å². The van der Waals surface area contributed by atoms with Crippen molar-refractivity contribution in [3.05, 3.63) is 47.9 Å². The van der Waals surface area contributed by atoms with Gasteiger partial charge in [-0.1, -0.05) is 11.6 Å². The Labute approximate surface area is 192 Å². The van der Waals surface area contributed by atoms with Gasteiger partial charge in [-0.3, -0.25) is 9.78 Å². The Balaban J connectivity index is 0.00000300. The predicted molar refractivity (Wildman–Crippen MR) is 127 cm³/mol. The van der Waals surface area contributed by atoms with Gasteiger partial charge in [-0.25, -0.2) is 9.98 Å². The minimum Gasteiger partial charge on any atom is -0.357 e. The predicted octanol–water partition coefficient (Wildman–Crippen LogP) is 2.52. The summed E-state index contributed by atoms with van der Waals surface area (Å²) < 4.78 is 0. The fourth-order valence-electron chi connectivity index (χ4n) is 2.98. The van der Waals surface area contributed by atoms with Gasteiger partial charge in [0.2, 0.25) is 5.91 Å². The lowest BCUT2D eigenvalue weighted by Gasteiger charge is -2.20. The third-order valence-electron chi connectivity index (χ3n) is 4.24. The van der Waals surface area contributed by atoms with E-state index in [0.717, 1.165) is 25.3 Å². The number of nitrogens with zero attached hydrogens (tertiary/aromatic N) is 4. The molecule has 0 bridgehead atoms. The lowest BCUT2D eigenvalue weighted by molar-refractivity contribution is -0.114. The molecule has 0 saturated carbocycles. The number of halogens is 2. The van der Waals surface area contributed by atoms with Gasteiger partial charge in [0.25, 0.3) is 0 Å². The fraction of sp³-hybridized carbons (Fsp3) is 0.368. The quantitative estimate of drug-likeness (QED) is 0.302. The highest BCUT2D eigenvalue weighted by Crippen LogP contribution is 2.25. The molecule has 156 valence electrons. The molecule has 3 rings (SSSR count). The number of hydrogen-bond acceptors (Lipinski definition) is 5. The first kappa shape index (κ1) is 23.1. The van der Waals surface area contributed by atoms with E-state index in [4.69, 9.17) is 11.6 Å². The SMILES string of the molecule is CCNC(=NCC(=O)Nc1cccnc1)NC1CCN(c2ncccc2Cl)C1.I. The van der Waals surface area contributed by atoms with E-state index < -0.39 is 0 Å². The summed E-state index contributed by atoms with van der Waals surface area (Å²) >= 11 is 6.25. The van der Waals surface area contributed by atoms with Gasteiger partial charge < -0.3 is 20.9 Å². The Morgan fingerprint density at radius 2 is 2.17 bits per heavy atom. The summed E-state index contributed by atoms with van der Waals surface area (Å²) in [5, 5.41) is 9.99. The number of aromatic nitrogens is 2. The molecule has 2 aromatic heterocycles. The van der Waals surface area contributed by atoms with Crippen LogP contribution in [0.25, 0.3) is 0 Å². The first-order valence-corrected chi connectivity index (χ1v) is 9.63. The standard InChI is InChI=1S/C19H24ClN7O.HI/c1-2-22-19(24-12-17(28)25-14-5-3-8-21-11-14)26-15-7-10-27(13-15)18-16(20)6-4-9-23-18;/h3-6,8-9,11,15H,2,7,10,12-13H2,1H3,(H,25,28)(H2,22,24,26);1H. The van der Waals surface area contributed by atoms with Crippen LogP contribution in [0.15, 0.2) is 47.8 Å². The normalized spacial score (nSPS) is 16.1. The number of anilines is 2. The van der Waals surface area contributed by atoms with Gasteiger partial charge in [0.15, 0.2) is 5.96 Å². The van der Waals surface area contributed by atoms with Gasteiger partial charge in [-0.05, 0) is 37.6 Å². The molecule has 0 spiro atoms. The van der Waals surface area contributed by atoms with E-state index in [2.05, 4.69) is 35.8 Å². The number of pyridine rings is 2. The number of aliphatic imine (C=N–C) groups is 1. The molecule has 0 aliphatic carbocycles. The molecule has 0 radical (unpaired) electrons. The van der Waals surface area contributed by atoms with Crippen molar-refractivity contribution in [2.24, 2.45) is 4.99 Å². The number of amides is 1. The van der Waals surface area contributed by atoms with Gasteiger partial charge in [0.05, 0.1) is 16.9 Å². The molecule has 1 saturated heterocycles. The van der Waals surface area contributed by atoms with E-state index >= 15 is 0 Å². The molecule has 0 aromatic carbocycles. The smallest absolute Gasteiger partial charge is 0.246 e. The van der Waals surface area contributed by atoms with Crippen LogP contribution in [0.4, 0.5) is 11.5 Å². The zero-order chi connectivity index (χ0) is 19.8. The molecule has 2 aromatic rings. The van der Waals surface area contributed by atoms with E-state index in [1.54, 1.807) is 30.7 Å². The zero-order valence-electron chi connectivity index (χ0n) is 16.1. The molecular formula is C19H25ClIN7O. The molecule has 1 atom stereocenters. The molecular weight excluding hydrogens is 505 g/mol. The monoisotopic (exact) mass is 529 g/mol. The van der Waals surface area contributed by atoms with Gasteiger partial charge >= 0.3 is 0 Å². The second-order valence-corrected chi connectivity index (χ2v) is 6.78. The summed E-state index contributed by atoms with van der Waals surface area (Å²) in [5.74, 6) is 1.22. The largest absolute Gasteiger partial charge is 0.357 e. The van der Waals surface area contributed by atoms with Crippen molar-refractivity contribution in [2.45, 2.75) is 19.4 Å². The van der Waals surface area contributed by atoms with Crippen molar-refractivity contribution < 1.29 is 4.79 Å². The summed E-state index contributed by atoms with van der Waals surface area (Å²) in [5.41, 5.74) is 0.652. The second-order valence-electron chi connectivity index (χ2n) is 6.37. The number of guanidine groups is 1. The van der Waals surface area contributed by atoms with Gasteiger partial charge in [-0.2, -0.15) is 0 Å². The van der Waals surface area contributed by atoms with Crippen molar-refractivity contribution in [3.63, 3.8) is 0 Å². The highest BCUT2D eigenvalue weighted by molar-refractivity contribution is 14.0. The Hall–Kier alpha value is -2.14. The Morgan fingerprint density at radius 3 is 2.90 bits per heavy atom. The number of carbonyl (C=O) groups excluding carboxylic acids is 1. The molecule has 8 nitrogen and oxygen atoms in total. The maximum atomic E-state index is 12.1. The first-order chi connectivity index (χ1) is 13.7. The van der Waals surface area contributed by atoms with Crippen LogP contribution in [-0.2, 0) is 4.79 Å². The molecule has 10 heteroatoms. The zero-order valence-corrected chi connectivity index (χ0v) is 19.2. The second kappa shape index (κ2) is 11.8. The molecule has 29 heavy (non-hydrogen) atoms. The van der Waals surface area contributed by atoms with Crippen molar-refractivity contribution >= 4 is 58.9 Å². The lowest BCUT2D eigenvalue weighted by Crippen LogP contribution is -2.45. The van der Waals surface area contributed by atoms with E-state index in [1.165, 1.54) is 0 Å². The highest BCUT2D eigenvalue weighted by atomic mass is 127. The van der Waals surface area contributed by atoms with Crippen molar-refractivity contribution in [2.75, 3.05) is 36.4 Å². The number of hydrogen-bond donors (Lipinski definition) is 3. The first-order valence-electron chi connectivity index (χ1n) is 9.26. The van der Waals surface area contributed by atoms with Crippen LogP contribution in [0.1, 0.15) is 13.3 Å². The average Bonchev–Trinajstić information content (AvgIpc) is 3.16. The van der Waals surface area contributed by atoms with Gasteiger partial charge in [-0.15, -0.1) is 24.0 Å². The minimum atomic E-state index is -0.196. The van der Waals surface area contributed by atoms with E-state index in [1.807, 2.05) is 19.1 Å². The number of rotatable bonds is 6. The van der Waals surface area contributed by atoms with Crippen LogP contribution in [0.3, 0.4) is 0 Å². The summed E-state index contributed by atoms with van der Waals surface area (Å²) in [6.45, 7) is 4.34. The summed E-state index contributed by atoms with van der Waals surface area (Å²) in [4.78, 5) is 27.0. The molecule has 1 aliphatic rings. The third-order valence-corrected chi connectivity index (χ3v) is 4.53. The highest BCUT2D eigenvalue weighted by Gasteiger charge is 2.25. The van der Waals surface area contributed by atoms with Gasteiger partial charge in [0.1, 0.15) is 12.4 Å². The number of nitrogens with one attached hydrogen (secondary N) is 3. The van der Waals surface area contributed by atoms with E-state index in [0.29, 0.717) is 23.2 Å². The topological polar surface area (TPSA) is 94.5 Å². The molecule has 1 unspecified atom stereocenters. The molecule has 3 heterocycles. The molecule has 1 amide bonds. The van der Waals surface area contributed by atoms with Crippen LogP contribution in [0, 0.1) is 0 Å². The average molecular weight is 530 g/mol. The van der Waals surface area contributed by atoms with Crippen LogP contribution in [-0.4, -0.2) is 54.1 Å². The third kappa shape index (κ3) is 7.00. The van der Waals surface area contributed by atoms with Gasteiger partial charge in [0, 0.05) is 38.1 Å². The van der Waals surface area contributed by atoms with Crippen LogP contribution < -0.4 is 20.9 Å². The fourth-order valence-corrected chi connectivity index (χ4v) is 3.22. The lowest BCUT2D eigenvalue weighted by atomic mass is 10.3.